The van der Waals surface area contributed by atoms with Gasteiger partial charge in [0, 0.05) is 22.4 Å². The summed E-state index contributed by atoms with van der Waals surface area (Å²) in [6, 6.07) is 8.20. The number of aromatic hydroxyl groups is 1. The van der Waals surface area contributed by atoms with Gasteiger partial charge in [0.1, 0.15) is 11.6 Å². The first-order valence-electron chi connectivity index (χ1n) is 9.92. The summed E-state index contributed by atoms with van der Waals surface area (Å²) in [4.78, 5) is 13.0. The smallest absolute Gasteiger partial charge is 0.219 e. The number of hydrogen-bond acceptors (Lipinski definition) is 3. The summed E-state index contributed by atoms with van der Waals surface area (Å²) in [5.74, 6) is 0.151. The van der Waals surface area contributed by atoms with Gasteiger partial charge in [-0.1, -0.05) is 71.0 Å². The van der Waals surface area contributed by atoms with Gasteiger partial charge in [0.15, 0.2) is 0 Å². The van der Waals surface area contributed by atoms with E-state index in [1.807, 2.05) is 12.1 Å². The molecule has 2 aromatic carbocycles. The second-order valence-corrected chi connectivity index (χ2v) is 10.1. The van der Waals surface area contributed by atoms with Gasteiger partial charge >= 0.3 is 0 Å². The molecule has 0 aliphatic heterocycles. The highest BCUT2D eigenvalue weighted by Crippen LogP contribution is 2.43. The van der Waals surface area contributed by atoms with E-state index in [1.165, 1.54) is 12.1 Å². The first kappa shape index (κ1) is 23.8. The molecule has 0 aliphatic rings. The Kier molecular flexibility index (Phi) is 7.45. The van der Waals surface area contributed by atoms with Crippen LogP contribution in [-0.4, -0.2) is 10.2 Å². The van der Waals surface area contributed by atoms with E-state index in [1.54, 1.807) is 6.07 Å². The topological polar surface area (TPSA) is 37.3 Å². The van der Waals surface area contributed by atoms with E-state index in [0.29, 0.717) is 16.9 Å². The van der Waals surface area contributed by atoms with E-state index in [-0.39, 0.29) is 26.7 Å². The average Bonchev–Trinajstić information content (AvgIpc) is 2.68. The maximum absolute atomic E-state index is 13.7. The minimum Gasteiger partial charge on any atom is -0.507 e. The molecule has 0 fully saturated rings. The molecule has 2 rings (SSSR count). The van der Waals surface area contributed by atoms with E-state index < -0.39 is 5.82 Å². The average molecular weight is 437 g/mol. The van der Waals surface area contributed by atoms with Gasteiger partial charge < -0.3 is 5.11 Å². The van der Waals surface area contributed by atoms with Crippen LogP contribution in [0.15, 0.2) is 30.3 Å². The Balaban J connectivity index is 2.42. The minimum atomic E-state index is -0.485. The summed E-state index contributed by atoms with van der Waals surface area (Å²) in [7, 11) is 0. The summed E-state index contributed by atoms with van der Waals surface area (Å²) in [5.41, 5.74) is 2.33. The van der Waals surface area contributed by atoms with Crippen LogP contribution in [-0.2, 0) is 16.6 Å². The maximum Gasteiger partial charge on any atom is 0.219 e. The normalized spacial score (nSPS) is 12.3. The molecular weight excluding hydrogens is 407 g/mol. The third kappa shape index (κ3) is 5.35. The van der Waals surface area contributed by atoms with Crippen LogP contribution in [0.2, 0.25) is 5.02 Å². The highest BCUT2D eigenvalue weighted by atomic mass is 35.5. The molecule has 0 saturated carbocycles. The van der Waals surface area contributed by atoms with E-state index in [9.17, 15) is 14.3 Å². The van der Waals surface area contributed by atoms with Crippen molar-refractivity contribution >= 4 is 28.5 Å². The number of phenolic OH excluding ortho intramolecular Hbond substituents is 1. The summed E-state index contributed by atoms with van der Waals surface area (Å²) >= 11 is 6.86. The lowest BCUT2D eigenvalue weighted by molar-refractivity contribution is 0.108. The van der Waals surface area contributed by atoms with Crippen LogP contribution in [0.4, 0.5) is 4.39 Å². The highest BCUT2D eigenvalue weighted by molar-refractivity contribution is 8.13. The van der Waals surface area contributed by atoms with Crippen LogP contribution in [0.5, 0.6) is 5.75 Å². The van der Waals surface area contributed by atoms with Crippen LogP contribution in [0.3, 0.4) is 0 Å². The first-order chi connectivity index (χ1) is 13.4. The maximum atomic E-state index is 13.7. The molecule has 0 spiro atoms. The third-order valence-electron chi connectivity index (χ3n) is 5.93. The third-order valence-corrected chi connectivity index (χ3v) is 7.21. The standard InChI is InChI=1S/C24H30ClFO2S/c1-7-23(3,4)17-12-16(13-18(21(17)27)24(5,6)8-2)22(28)29-14-15-9-10-19(25)20(26)11-15/h9-13,27H,7-8,14H2,1-6H3. The van der Waals surface area contributed by atoms with Crippen molar-refractivity contribution in [1.82, 2.24) is 0 Å². The zero-order chi connectivity index (χ0) is 22.0. The zero-order valence-corrected chi connectivity index (χ0v) is 19.6. The Morgan fingerprint density at radius 1 is 1.03 bits per heavy atom. The Bertz CT molecular complexity index is 869. The lowest BCUT2D eigenvalue weighted by Gasteiger charge is -2.31. The number of thioether (sulfide) groups is 1. The van der Waals surface area contributed by atoms with Crippen molar-refractivity contribution in [3.63, 3.8) is 0 Å². The van der Waals surface area contributed by atoms with Crippen molar-refractivity contribution in [2.45, 2.75) is 71.0 Å². The quantitative estimate of drug-likeness (QED) is 0.484. The lowest BCUT2D eigenvalue weighted by atomic mass is 9.75. The van der Waals surface area contributed by atoms with Gasteiger partial charge in [-0.25, -0.2) is 4.39 Å². The van der Waals surface area contributed by atoms with Crippen LogP contribution >= 0.6 is 23.4 Å². The molecular formula is C24H30ClFO2S. The molecule has 1 N–H and O–H groups in total. The molecule has 0 heterocycles. The second kappa shape index (κ2) is 9.09. The van der Waals surface area contributed by atoms with Gasteiger partial charge in [0.2, 0.25) is 5.12 Å². The molecule has 0 aliphatic carbocycles. The van der Waals surface area contributed by atoms with E-state index in [4.69, 9.17) is 11.6 Å². The van der Waals surface area contributed by atoms with Gasteiger partial charge in [0.25, 0.3) is 0 Å². The fourth-order valence-corrected chi connectivity index (χ4v) is 3.91. The molecule has 0 amide bonds. The van der Waals surface area contributed by atoms with Crippen molar-refractivity contribution in [1.29, 1.82) is 0 Å². The SMILES string of the molecule is CCC(C)(C)c1cc(C(=O)SCc2ccc(Cl)c(F)c2)cc(C(C)(C)CC)c1O. The Hall–Kier alpha value is -1.52. The largest absolute Gasteiger partial charge is 0.507 e. The van der Waals surface area contributed by atoms with Gasteiger partial charge in [-0.05, 0) is 53.5 Å². The molecule has 0 unspecified atom stereocenters. The summed E-state index contributed by atoms with van der Waals surface area (Å²) < 4.78 is 13.7. The van der Waals surface area contributed by atoms with E-state index >= 15 is 0 Å². The number of rotatable bonds is 7. The van der Waals surface area contributed by atoms with Crippen molar-refractivity contribution in [3.8, 4) is 5.75 Å². The molecule has 2 aromatic rings. The van der Waals surface area contributed by atoms with E-state index in [0.717, 1.165) is 35.7 Å². The fraction of sp³-hybridized carbons (Fsp3) is 0.458. The number of carbonyl (C=O) groups is 1. The van der Waals surface area contributed by atoms with Crippen molar-refractivity contribution in [2.24, 2.45) is 0 Å². The summed E-state index contributed by atoms with van der Waals surface area (Å²) in [6.45, 7) is 12.4. The summed E-state index contributed by atoms with van der Waals surface area (Å²) in [5, 5.41) is 11.0. The van der Waals surface area contributed by atoms with Crippen molar-refractivity contribution in [3.05, 3.63) is 63.4 Å². The summed E-state index contributed by atoms with van der Waals surface area (Å²) in [6.07, 6.45) is 1.67. The molecule has 0 saturated heterocycles. The van der Waals surface area contributed by atoms with Crippen molar-refractivity contribution in [2.75, 3.05) is 0 Å². The molecule has 5 heteroatoms. The van der Waals surface area contributed by atoms with Gasteiger partial charge in [-0.2, -0.15) is 0 Å². The van der Waals surface area contributed by atoms with Gasteiger partial charge in [0.05, 0.1) is 5.02 Å². The van der Waals surface area contributed by atoms with Gasteiger partial charge in [-0.15, -0.1) is 0 Å². The van der Waals surface area contributed by atoms with Crippen LogP contribution < -0.4 is 0 Å². The number of phenols is 1. The molecule has 0 atom stereocenters. The molecule has 0 aromatic heterocycles. The molecule has 0 radical (unpaired) electrons. The number of hydrogen-bond donors (Lipinski definition) is 1. The van der Waals surface area contributed by atoms with Crippen LogP contribution in [0, 0.1) is 5.82 Å². The molecule has 2 nitrogen and oxygen atoms in total. The van der Waals surface area contributed by atoms with Gasteiger partial charge in [-0.3, -0.25) is 4.79 Å². The molecule has 158 valence electrons. The zero-order valence-electron chi connectivity index (χ0n) is 18.0. The Morgan fingerprint density at radius 3 is 2.00 bits per heavy atom. The highest BCUT2D eigenvalue weighted by Gasteiger charge is 2.30. The van der Waals surface area contributed by atoms with Crippen LogP contribution in [0.1, 0.15) is 81.4 Å². The predicted molar refractivity (Wildman–Crippen MR) is 122 cm³/mol. The number of carbonyl (C=O) groups excluding carboxylic acids is 1. The van der Waals surface area contributed by atoms with E-state index in [2.05, 4.69) is 41.5 Å². The molecule has 0 bridgehead atoms. The Labute approximate surface area is 182 Å². The number of halogens is 2. The monoisotopic (exact) mass is 436 g/mol. The predicted octanol–water partition coefficient (Wildman–Crippen LogP) is 7.63. The van der Waals surface area contributed by atoms with Crippen molar-refractivity contribution < 1.29 is 14.3 Å². The number of benzene rings is 2. The fourth-order valence-electron chi connectivity index (χ4n) is 3.03. The van der Waals surface area contributed by atoms with Crippen LogP contribution in [0.25, 0.3) is 0 Å². The second-order valence-electron chi connectivity index (χ2n) is 8.72. The lowest BCUT2D eigenvalue weighted by Crippen LogP contribution is -2.22. The minimum absolute atomic E-state index is 0.0708. The molecule has 29 heavy (non-hydrogen) atoms. The Morgan fingerprint density at radius 2 is 1.55 bits per heavy atom. The first-order valence-corrected chi connectivity index (χ1v) is 11.3.